The summed E-state index contributed by atoms with van der Waals surface area (Å²) >= 11 is 6.08. The smallest absolute Gasteiger partial charge is 0.328 e. The van der Waals surface area contributed by atoms with Gasteiger partial charge < -0.3 is 15.8 Å². The number of carbonyl (C=O) groups is 2. The topological polar surface area (TPSA) is 81.4 Å². The van der Waals surface area contributed by atoms with E-state index in [0.717, 1.165) is 0 Å². The van der Waals surface area contributed by atoms with Crippen LogP contribution in [0.4, 0.5) is 5.69 Å². The van der Waals surface area contributed by atoms with Gasteiger partial charge >= 0.3 is 5.97 Å². The van der Waals surface area contributed by atoms with E-state index in [4.69, 9.17) is 22.1 Å². The van der Waals surface area contributed by atoms with E-state index in [2.05, 4.69) is 5.32 Å². The molecule has 1 unspecified atom stereocenters. The molecule has 1 atom stereocenters. The maximum atomic E-state index is 11.7. The highest BCUT2D eigenvalue weighted by atomic mass is 35.5. The maximum absolute atomic E-state index is 11.7. The molecule has 5 nitrogen and oxygen atoms in total. The molecule has 0 aliphatic carbocycles. The summed E-state index contributed by atoms with van der Waals surface area (Å²) in [4.78, 5) is 22.8. The van der Waals surface area contributed by atoms with Gasteiger partial charge in [-0.1, -0.05) is 25.4 Å². The van der Waals surface area contributed by atoms with Gasteiger partial charge in [-0.15, -0.1) is 0 Å². The van der Waals surface area contributed by atoms with Gasteiger partial charge in [0.2, 0.25) is 5.91 Å². The van der Waals surface area contributed by atoms with Gasteiger partial charge in [-0.2, -0.15) is 0 Å². The summed E-state index contributed by atoms with van der Waals surface area (Å²) in [5, 5.41) is 3.37. The molecule has 0 saturated heterocycles. The lowest BCUT2D eigenvalue weighted by molar-refractivity contribution is -0.141. The number of rotatable bonds is 6. The maximum Gasteiger partial charge on any atom is 0.328 e. The van der Waals surface area contributed by atoms with E-state index < -0.39 is 11.9 Å². The Balaban J connectivity index is 2.93. The Bertz CT molecular complexity index is 503. The Kier molecular flexibility index (Phi) is 5.82. The van der Waals surface area contributed by atoms with Crippen molar-refractivity contribution < 1.29 is 14.3 Å². The number of ether oxygens (including phenoxy) is 1. The van der Waals surface area contributed by atoms with Crippen LogP contribution in [0.2, 0.25) is 5.02 Å². The average molecular weight is 299 g/mol. The van der Waals surface area contributed by atoms with Crippen LogP contribution in [-0.2, 0) is 9.53 Å². The minimum atomic E-state index is -0.551. The van der Waals surface area contributed by atoms with Crippen molar-refractivity contribution in [2.24, 2.45) is 11.7 Å². The van der Waals surface area contributed by atoms with Crippen molar-refractivity contribution in [1.29, 1.82) is 0 Å². The largest absolute Gasteiger partial charge is 0.467 e. The van der Waals surface area contributed by atoms with E-state index in [1.54, 1.807) is 12.1 Å². The lowest BCUT2D eigenvalue weighted by Gasteiger charge is -2.20. The SMILES string of the molecule is COC(=O)C(CC(C)C)Nc1ccc(C(N)=O)cc1Cl. The predicted molar refractivity (Wildman–Crippen MR) is 78.9 cm³/mol. The number of primary amides is 1. The third-order valence-corrected chi connectivity index (χ3v) is 3.09. The molecule has 0 bridgehead atoms. The van der Waals surface area contributed by atoms with Crippen LogP contribution in [-0.4, -0.2) is 25.0 Å². The highest BCUT2D eigenvalue weighted by Crippen LogP contribution is 2.25. The molecule has 0 radical (unpaired) electrons. The molecule has 110 valence electrons. The second kappa shape index (κ2) is 7.14. The molecule has 0 saturated carbocycles. The number of hydrogen-bond acceptors (Lipinski definition) is 4. The molecule has 3 N–H and O–H groups in total. The van der Waals surface area contributed by atoms with E-state index in [-0.39, 0.29) is 5.97 Å². The summed E-state index contributed by atoms with van der Waals surface area (Å²) in [6.07, 6.45) is 0.612. The number of carbonyl (C=O) groups excluding carboxylic acids is 2. The number of nitrogens with two attached hydrogens (primary N) is 1. The number of esters is 1. The first-order valence-corrected chi connectivity index (χ1v) is 6.66. The molecule has 0 spiro atoms. The fraction of sp³-hybridized carbons (Fsp3) is 0.429. The minimum absolute atomic E-state index is 0.315. The van der Waals surface area contributed by atoms with Crippen molar-refractivity contribution in [3.63, 3.8) is 0 Å². The van der Waals surface area contributed by atoms with Crippen molar-refractivity contribution in [1.82, 2.24) is 0 Å². The molecule has 1 aromatic carbocycles. The zero-order chi connectivity index (χ0) is 15.3. The zero-order valence-electron chi connectivity index (χ0n) is 11.8. The first-order valence-electron chi connectivity index (χ1n) is 6.28. The highest BCUT2D eigenvalue weighted by molar-refractivity contribution is 6.33. The number of hydrogen-bond donors (Lipinski definition) is 2. The van der Waals surface area contributed by atoms with Crippen LogP contribution in [0.5, 0.6) is 0 Å². The first-order chi connectivity index (χ1) is 9.35. The molecule has 1 aromatic rings. The Morgan fingerprint density at radius 1 is 1.40 bits per heavy atom. The summed E-state index contributed by atoms with van der Waals surface area (Å²) in [6, 6.07) is 4.16. The quantitative estimate of drug-likeness (QED) is 0.790. The fourth-order valence-corrected chi connectivity index (χ4v) is 2.04. The molecule has 20 heavy (non-hydrogen) atoms. The van der Waals surface area contributed by atoms with Crippen molar-refractivity contribution in [3.05, 3.63) is 28.8 Å². The average Bonchev–Trinajstić information content (AvgIpc) is 2.38. The van der Waals surface area contributed by atoms with Crippen molar-refractivity contribution in [2.75, 3.05) is 12.4 Å². The summed E-state index contributed by atoms with van der Waals surface area (Å²) in [7, 11) is 1.34. The van der Waals surface area contributed by atoms with Gasteiger partial charge in [0.1, 0.15) is 6.04 Å². The molecular formula is C14H19ClN2O3. The zero-order valence-corrected chi connectivity index (χ0v) is 12.5. The number of amides is 1. The lowest BCUT2D eigenvalue weighted by Crippen LogP contribution is -2.32. The van der Waals surface area contributed by atoms with Gasteiger partial charge in [0, 0.05) is 5.56 Å². The summed E-state index contributed by atoms with van der Waals surface area (Å²) in [5.74, 6) is -0.589. The molecule has 0 aliphatic heterocycles. The van der Waals surface area contributed by atoms with Gasteiger partial charge in [-0.05, 0) is 30.5 Å². The lowest BCUT2D eigenvalue weighted by atomic mass is 10.0. The number of benzene rings is 1. The van der Waals surface area contributed by atoms with Gasteiger partial charge in [0.05, 0.1) is 17.8 Å². The first kappa shape index (κ1) is 16.3. The summed E-state index contributed by atoms with van der Waals surface area (Å²) < 4.78 is 4.77. The van der Waals surface area contributed by atoms with E-state index in [0.29, 0.717) is 28.6 Å². The molecular weight excluding hydrogens is 280 g/mol. The molecule has 6 heteroatoms. The fourth-order valence-electron chi connectivity index (χ4n) is 1.80. The van der Waals surface area contributed by atoms with Crippen LogP contribution in [0, 0.1) is 5.92 Å². The van der Waals surface area contributed by atoms with Crippen LogP contribution < -0.4 is 11.1 Å². The molecule has 0 fully saturated rings. The van der Waals surface area contributed by atoms with Crippen molar-refractivity contribution in [3.8, 4) is 0 Å². The second-order valence-corrected chi connectivity index (χ2v) is 5.32. The molecule has 0 aromatic heterocycles. The van der Waals surface area contributed by atoms with Crippen LogP contribution in [0.1, 0.15) is 30.6 Å². The van der Waals surface area contributed by atoms with Crippen LogP contribution >= 0.6 is 11.6 Å². The normalized spacial score (nSPS) is 12.1. The van der Waals surface area contributed by atoms with E-state index in [9.17, 15) is 9.59 Å². The molecule has 0 heterocycles. The molecule has 1 amide bonds. The second-order valence-electron chi connectivity index (χ2n) is 4.91. The number of methoxy groups -OCH3 is 1. The predicted octanol–water partition coefficient (Wildman–Crippen LogP) is 2.44. The van der Waals surface area contributed by atoms with Crippen LogP contribution in [0.25, 0.3) is 0 Å². The van der Waals surface area contributed by atoms with Crippen LogP contribution in [0.15, 0.2) is 18.2 Å². The van der Waals surface area contributed by atoms with Gasteiger partial charge in [-0.25, -0.2) is 4.79 Å². The molecule has 1 rings (SSSR count). The van der Waals surface area contributed by atoms with Crippen molar-refractivity contribution >= 4 is 29.2 Å². The third kappa shape index (κ3) is 4.42. The third-order valence-electron chi connectivity index (χ3n) is 2.78. The van der Waals surface area contributed by atoms with E-state index >= 15 is 0 Å². The Hall–Kier alpha value is -1.75. The Labute approximate surface area is 123 Å². The van der Waals surface area contributed by atoms with Gasteiger partial charge in [-0.3, -0.25) is 4.79 Å². The number of nitrogens with one attached hydrogen (secondary N) is 1. The standard InChI is InChI=1S/C14H19ClN2O3/c1-8(2)6-12(14(19)20-3)17-11-5-4-9(13(16)18)7-10(11)15/h4-5,7-8,12,17H,6H2,1-3H3,(H2,16,18). The number of anilines is 1. The van der Waals surface area contributed by atoms with Crippen LogP contribution in [0.3, 0.4) is 0 Å². The highest BCUT2D eigenvalue weighted by Gasteiger charge is 2.21. The van der Waals surface area contributed by atoms with E-state index in [1.807, 2.05) is 13.8 Å². The molecule has 0 aliphatic rings. The van der Waals surface area contributed by atoms with Gasteiger partial charge in [0.25, 0.3) is 0 Å². The minimum Gasteiger partial charge on any atom is -0.467 e. The van der Waals surface area contributed by atoms with Crippen molar-refractivity contribution in [2.45, 2.75) is 26.3 Å². The van der Waals surface area contributed by atoms with Gasteiger partial charge in [0.15, 0.2) is 0 Å². The summed E-state index contributed by atoms with van der Waals surface area (Å²) in [6.45, 7) is 4.02. The number of halogens is 1. The Morgan fingerprint density at radius 3 is 2.50 bits per heavy atom. The Morgan fingerprint density at radius 2 is 2.05 bits per heavy atom. The summed E-state index contributed by atoms with van der Waals surface area (Å²) in [5.41, 5.74) is 6.06. The van der Waals surface area contributed by atoms with E-state index in [1.165, 1.54) is 13.2 Å². The monoisotopic (exact) mass is 298 g/mol.